The van der Waals surface area contributed by atoms with Crippen molar-refractivity contribution in [3.05, 3.63) is 34.3 Å². The average Bonchev–Trinajstić information content (AvgIpc) is 2.49. The van der Waals surface area contributed by atoms with Crippen molar-refractivity contribution in [3.8, 4) is 0 Å². The monoisotopic (exact) mass is 353 g/mol. The largest absolute Gasteiger partial charge is 0.480 e. The number of likely N-dealkylation sites (tertiary alicyclic amines) is 1. The number of nitrogens with zero attached hydrogens (tertiary/aromatic N) is 1. The topological polar surface area (TPSA) is 40.5 Å². The van der Waals surface area contributed by atoms with E-state index in [-0.39, 0.29) is 12.1 Å². The molecule has 1 saturated heterocycles. The first-order valence-electron chi connectivity index (χ1n) is 7.87. The highest BCUT2D eigenvalue weighted by Crippen LogP contribution is 2.33. The Kier molecular flexibility index (Phi) is 6.24. The van der Waals surface area contributed by atoms with Gasteiger partial charge in [-0.15, -0.1) is 0 Å². The van der Waals surface area contributed by atoms with Crippen LogP contribution in [0.1, 0.15) is 57.1 Å². The lowest BCUT2D eigenvalue weighted by Crippen LogP contribution is -2.46. The van der Waals surface area contributed by atoms with Crippen molar-refractivity contribution in [1.29, 1.82) is 0 Å². The number of carboxylic acids is 1. The summed E-state index contributed by atoms with van der Waals surface area (Å²) in [4.78, 5) is 13.8. The lowest BCUT2D eigenvalue weighted by atomic mass is 9.93. The third-order valence-electron chi connectivity index (χ3n) is 4.32. The number of rotatable bonds is 6. The third kappa shape index (κ3) is 4.30. The van der Waals surface area contributed by atoms with Crippen molar-refractivity contribution in [3.63, 3.8) is 0 Å². The van der Waals surface area contributed by atoms with Crippen molar-refractivity contribution in [2.45, 2.75) is 57.5 Å². The van der Waals surface area contributed by atoms with E-state index in [1.54, 1.807) is 0 Å². The van der Waals surface area contributed by atoms with Crippen molar-refractivity contribution >= 4 is 21.9 Å². The average molecular weight is 354 g/mol. The molecule has 0 radical (unpaired) electrons. The van der Waals surface area contributed by atoms with Gasteiger partial charge in [0.2, 0.25) is 0 Å². The van der Waals surface area contributed by atoms with Gasteiger partial charge in [0.15, 0.2) is 0 Å². The standard InChI is InChI=1S/C17H24BrNO2/c1-2-3-6-15(13-8-10-14(18)11-9-13)19-12-5-4-7-16(19)17(20)21/h8-11,15-16H,2-7,12H2,1H3,(H,20,21). The van der Waals surface area contributed by atoms with Gasteiger partial charge in [0, 0.05) is 10.5 Å². The molecule has 0 saturated carbocycles. The van der Waals surface area contributed by atoms with E-state index in [2.05, 4.69) is 39.9 Å². The highest BCUT2D eigenvalue weighted by Gasteiger charge is 2.33. The molecule has 1 aromatic rings. The molecule has 1 aromatic carbocycles. The summed E-state index contributed by atoms with van der Waals surface area (Å²) >= 11 is 3.47. The predicted octanol–water partition coefficient (Wildman–Crippen LogP) is 4.62. The molecule has 0 aromatic heterocycles. The minimum absolute atomic E-state index is 0.222. The van der Waals surface area contributed by atoms with Crippen molar-refractivity contribution in [2.24, 2.45) is 0 Å². The highest BCUT2D eigenvalue weighted by molar-refractivity contribution is 9.10. The van der Waals surface area contributed by atoms with Gasteiger partial charge in [0.1, 0.15) is 6.04 Å². The number of aliphatic carboxylic acids is 1. The number of piperidine rings is 1. The normalized spacial score (nSPS) is 21.1. The number of benzene rings is 1. The Morgan fingerprint density at radius 2 is 2.10 bits per heavy atom. The van der Waals surface area contributed by atoms with E-state index >= 15 is 0 Å². The van der Waals surface area contributed by atoms with Crippen LogP contribution >= 0.6 is 15.9 Å². The lowest BCUT2D eigenvalue weighted by Gasteiger charge is -2.39. The minimum Gasteiger partial charge on any atom is -0.480 e. The zero-order valence-electron chi connectivity index (χ0n) is 12.6. The van der Waals surface area contributed by atoms with Gasteiger partial charge >= 0.3 is 5.97 Å². The van der Waals surface area contributed by atoms with Crippen LogP contribution in [0.3, 0.4) is 0 Å². The van der Waals surface area contributed by atoms with E-state index in [1.165, 1.54) is 5.56 Å². The maximum absolute atomic E-state index is 11.6. The SMILES string of the molecule is CCCCC(c1ccc(Br)cc1)N1CCCCC1C(=O)O. The van der Waals surface area contributed by atoms with Crippen molar-refractivity contribution in [1.82, 2.24) is 4.90 Å². The summed E-state index contributed by atoms with van der Waals surface area (Å²) in [7, 11) is 0. The minimum atomic E-state index is -0.673. The van der Waals surface area contributed by atoms with Crippen LogP contribution in [0.15, 0.2) is 28.7 Å². The second kappa shape index (κ2) is 7.95. The van der Waals surface area contributed by atoms with Crippen LogP contribution in [0, 0.1) is 0 Å². The van der Waals surface area contributed by atoms with Crippen molar-refractivity contribution in [2.75, 3.05) is 6.54 Å². The number of carboxylic acid groups (broad SMARTS) is 1. The molecule has 2 atom stereocenters. The Balaban J connectivity index is 2.24. The fraction of sp³-hybridized carbons (Fsp3) is 0.588. The number of hydrogen-bond donors (Lipinski definition) is 1. The molecule has 1 fully saturated rings. The molecular weight excluding hydrogens is 330 g/mol. The van der Waals surface area contributed by atoms with Gasteiger partial charge in [-0.25, -0.2) is 0 Å². The first-order valence-corrected chi connectivity index (χ1v) is 8.66. The van der Waals surface area contributed by atoms with E-state index in [4.69, 9.17) is 0 Å². The summed E-state index contributed by atoms with van der Waals surface area (Å²) in [6, 6.07) is 8.24. The Labute approximate surface area is 135 Å². The molecule has 1 aliphatic rings. The summed E-state index contributed by atoms with van der Waals surface area (Å²) in [5, 5.41) is 9.52. The first kappa shape index (κ1) is 16.5. The molecular formula is C17H24BrNO2. The molecule has 0 aliphatic carbocycles. The van der Waals surface area contributed by atoms with Gasteiger partial charge in [-0.05, 0) is 43.5 Å². The van der Waals surface area contributed by atoms with Crippen LogP contribution < -0.4 is 0 Å². The van der Waals surface area contributed by atoms with Gasteiger partial charge in [-0.1, -0.05) is 54.2 Å². The molecule has 3 nitrogen and oxygen atoms in total. The molecule has 1 N–H and O–H groups in total. The summed E-state index contributed by atoms with van der Waals surface area (Å²) < 4.78 is 1.06. The van der Waals surface area contributed by atoms with Gasteiger partial charge in [-0.3, -0.25) is 9.69 Å². The quantitative estimate of drug-likeness (QED) is 0.810. The molecule has 0 spiro atoms. The van der Waals surface area contributed by atoms with Gasteiger partial charge in [0.25, 0.3) is 0 Å². The molecule has 4 heteroatoms. The predicted molar refractivity (Wildman–Crippen MR) is 88.4 cm³/mol. The van der Waals surface area contributed by atoms with E-state index in [0.717, 1.165) is 49.5 Å². The summed E-state index contributed by atoms with van der Waals surface area (Å²) in [6.45, 7) is 3.07. The number of carbonyl (C=O) groups is 1. The number of hydrogen-bond acceptors (Lipinski definition) is 2. The second-order valence-electron chi connectivity index (χ2n) is 5.80. The molecule has 2 rings (SSSR count). The number of unbranched alkanes of at least 4 members (excludes halogenated alkanes) is 1. The summed E-state index contributed by atoms with van der Waals surface area (Å²) in [6.07, 6.45) is 6.19. The molecule has 21 heavy (non-hydrogen) atoms. The molecule has 0 bridgehead atoms. The van der Waals surface area contributed by atoms with Crippen LogP contribution in [0.4, 0.5) is 0 Å². The fourth-order valence-corrected chi connectivity index (χ4v) is 3.46. The van der Waals surface area contributed by atoms with Crippen LogP contribution in [-0.2, 0) is 4.79 Å². The van der Waals surface area contributed by atoms with Gasteiger partial charge in [0.05, 0.1) is 0 Å². The van der Waals surface area contributed by atoms with Gasteiger partial charge < -0.3 is 5.11 Å². The lowest BCUT2D eigenvalue weighted by molar-refractivity contribution is -0.146. The van der Waals surface area contributed by atoms with Crippen LogP contribution in [0.5, 0.6) is 0 Å². The maximum Gasteiger partial charge on any atom is 0.320 e. The molecule has 2 unspecified atom stereocenters. The maximum atomic E-state index is 11.6. The number of halogens is 1. The smallest absolute Gasteiger partial charge is 0.320 e. The molecule has 1 aliphatic heterocycles. The van der Waals surface area contributed by atoms with Gasteiger partial charge in [-0.2, -0.15) is 0 Å². The first-order chi connectivity index (χ1) is 10.1. The van der Waals surface area contributed by atoms with Crippen LogP contribution in [0.2, 0.25) is 0 Å². The summed E-state index contributed by atoms with van der Waals surface area (Å²) in [5.41, 5.74) is 1.24. The second-order valence-corrected chi connectivity index (χ2v) is 6.71. The Morgan fingerprint density at radius 1 is 1.38 bits per heavy atom. The van der Waals surface area contributed by atoms with E-state index in [9.17, 15) is 9.90 Å². The van der Waals surface area contributed by atoms with E-state index < -0.39 is 5.97 Å². The Hall–Kier alpha value is -0.870. The third-order valence-corrected chi connectivity index (χ3v) is 4.84. The van der Waals surface area contributed by atoms with Crippen LogP contribution in [-0.4, -0.2) is 28.6 Å². The molecule has 116 valence electrons. The highest BCUT2D eigenvalue weighted by atomic mass is 79.9. The zero-order valence-corrected chi connectivity index (χ0v) is 14.2. The van der Waals surface area contributed by atoms with Crippen molar-refractivity contribution < 1.29 is 9.90 Å². The van der Waals surface area contributed by atoms with E-state index in [1.807, 2.05) is 12.1 Å². The summed E-state index contributed by atoms with van der Waals surface area (Å²) in [5.74, 6) is -0.673. The molecule has 1 heterocycles. The Bertz CT molecular complexity index is 460. The van der Waals surface area contributed by atoms with Crippen LogP contribution in [0.25, 0.3) is 0 Å². The zero-order chi connectivity index (χ0) is 15.2. The Morgan fingerprint density at radius 3 is 2.71 bits per heavy atom. The molecule has 0 amide bonds. The fourth-order valence-electron chi connectivity index (χ4n) is 3.20. The van der Waals surface area contributed by atoms with E-state index in [0.29, 0.717) is 0 Å².